The van der Waals surface area contributed by atoms with E-state index in [2.05, 4.69) is 10.3 Å². The second kappa shape index (κ2) is 4.60. The molecule has 3 nitrogen and oxygen atoms in total. The van der Waals surface area contributed by atoms with Gasteiger partial charge in [0.2, 0.25) is 0 Å². The molecule has 1 fully saturated rings. The third kappa shape index (κ3) is 2.35. The van der Waals surface area contributed by atoms with E-state index in [1.54, 1.807) is 0 Å². The lowest BCUT2D eigenvalue weighted by molar-refractivity contribution is 0.291. The molecule has 0 radical (unpaired) electrons. The molecular formula is C11H18N2O. The number of hydrogen-bond donors (Lipinski definition) is 1. The zero-order valence-electron chi connectivity index (χ0n) is 8.75. The van der Waals surface area contributed by atoms with E-state index in [-0.39, 0.29) is 0 Å². The summed E-state index contributed by atoms with van der Waals surface area (Å²) < 4.78 is 5.64. The molecule has 78 valence electrons. The van der Waals surface area contributed by atoms with E-state index >= 15 is 0 Å². The van der Waals surface area contributed by atoms with Gasteiger partial charge in [-0.05, 0) is 13.0 Å². The van der Waals surface area contributed by atoms with E-state index in [0.29, 0.717) is 0 Å². The first-order valence-electron chi connectivity index (χ1n) is 5.46. The highest BCUT2D eigenvalue weighted by Crippen LogP contribution is 2.29. The smallest absolute Gasteiger partial charge is 0.195 e. The second-order valence-electron chi connectivity index (χ2n) is 4.07. The molecule has 0 unspecified atom stereocenters. The van der Waals surface area contributed by atoms with Crippen molar-refractivity contribution in [3.05, 3.63) is 17.8 Å². The number of likely N-dealkylation sites (N-methyl/N-ethyl adjacent to an activating group) is 1. The van der Waals surface area contributed by atoms with Crippen LogP contribution in [0.15, 0.2) is 10.6 Å². The van der Waals surface area contributed by atoms with Gasteiger partial charge in [0.15, 0.2) is 5.89 Å². The molecule has 0 atom stereocenters. The predicted octanol–water partition coefficient (Wildman–Crippen LogP) is 1.78. The second-order valence-corrected chi connectivity index (χ2v) is 4.07. The minimum absolute atomic E-state index is 0.861. The third-order valence-corrected chi connectivity index (χ3v) is 2.90. The highest BCUT2D eigenvalue weighted by atomic mass is 16.4. The van der Waals surface area contributed by atoms with Gasteiger partial charge in [0.25, 0.3) is 0 Å². The maximum atomic E-state index is 5.64. The van der Waals surface area contributed by atoms with Crippen molar-refractivity contribution in [1.29, 1.82) is 0 Å². The summed E-state index contributed by atoms with van der Waals surface area (Å²) in [5.41, 5.74) is 0. The fourth-order valence-corrected chi connectivity index (χ4v) is 1.77. The zero-order valence-corrected chi connectivity index (χ0v) is 8.75. The SMILES string of the molecule is CNCCc1ncc(CC2CCC2)o1. The topological polar surface area (TPSA) is 38.1 Å². The number of nitrogens with one attached hydrogen (secondary N) is 1. The Morgan fingerprint density at radius 3 is 3.07 bits per heavy atom. The van der Waals surface area contributed by atoms with Crippen molar-refractivity contribution >= 4 is 0 Å². The van der Waals surface area contributed by atoms with Gasteiger partial charge in [-0.3, -0.25) is 0 Å². The molecular weight excluding hydrogens is 176 g/mol. The molecule has 1 aliphatic carbocycles. The van der Waals surface area contributed by atoms with Crippen molar-refractivity contribution in [2.45, 2.75) is 32.1 Å². The van der Waals surface area contributed by atoms with Crippen molar-refractivity contribution < 1.29 is 4.42 Å². The number of aromatic nitrogens is 1. The van der Waals surface area contributed by atoms with Gasteiger partial charge >= 0.3 is 0 Å². The lowest BCUT2D eigenvalue weighted by Gasteiger charge is -2.23. The molecule has 0 spiro atoms. The minimum Gasteiger partial charge on any atom is -0.446 e. The maximum Gasteiger partial charge on any atom is 0.195 e. The van der Waals surface area contributed by atoms with Crippen molar-refractivity contribution in [3.63, 3.8) is 0 Å². The molecule has 0 bridgehead atoms. The van der Waals surface area contributed by atoms with Gasteiger partial charge in [-0.2, -0.15) is 0 Å². The van der Waals surface area contributed by atoms with Gasteiger partial charge in [-0.25, -0.2) is 4.98 Å². The van der Waals surface area contributed by atoms with Crippen LogP contribution in [0.1, 0.15) is 30.9 Å². The van der Waals surface area contributed by atoms with Crippen LogP contribution in [-0.4, -0.2) is 18.6 Å². The first-order valence-corrected chi connectivity index (χ1v) is 5.46. The lowest BCUT2D eigenvalue weighted by Crippen LogP contribution is -2.13. The molecule has 0 saturated heterocycles. The summed E-state index contributed by atoms with van der Waals surface area (Å²) >= 11 is 0. The van der Waals surface area contributed by atoms with Crippen LogP contribution in [0.3, 0.4) is 0 Å². The van der Waals surface area contributed by atoms with Crippen LogP contribution in [0.25, 0.3) is 0 Å². The summed E-state index contributed by atoms with van der Waals surface area (Å²) in [5, 5.41) is 3.09. The molecule has 14 heavy (non-hydrogen) atoms. The Kier molecular flexibility index (Phi) is 3.19. The van der Waals surface area contributed by atoms with Crippen LogP contribution in [0.5, 0.6) is 0 Å². The minimum atomic E-state index is 0.861. The van der Waals surface area contributed by atoms with E-state index < -0.39 is 0 Å². The third-order valence-electron chi connectivity index (χ3n) is 2.90. The van der Waals surface area contributed by atoms with Gasteiger partial charge in [-0.15, -0.1) is 0 Å². The van der Waals surface area contributed by atoms with Crippen molar-refractivity contribution in [2.75, 3.05) is 13.6 Å². The maximum absolute atomic E-state index is 5.64. The van der Waals surface area contributed by atoms with Crippen molar-refractivity contribution in [3.8, 4) is 0 Å². The summed E-state index contributed by atoms with van der Waals surface area (Å²) in [6.07, 6.45) is 8.00. The van der Waals surface area contributed by atoms with Crippen LogP contribution >= 0.6 is 0 Å². The Bertz CT molecular complexity index is 279. The van der Waals surface area contributed by atoms with Gasteiger partial charge in [-0.1, -0.05) is 19.3 Å². The number of nitrogens with zero attached hydrogens (tertiary/aromatic N) is 1. The van der Waals surface area contributed by atoms with Crippen LogP contribution in [0.2, 0.25) is 0 Å². The van der Waals surface area contributed by atoms with Crippen molar-refractivity contribution in [1.82, 2.24) is 10.3 Å². The normalized spacial score (nSPS) is 16.9. The summed E-state index contributed by atoms with van der Waals surface area (Å²) in [7, 11) is 1.94. The van der Waals surface area contributed by atoms with Gasteiger partial charge < -0.3 is 9.73 Å². The predicted molar refractivity (Wildman–Crippen MR) is 55.2 cm³/mol. The molecule has 1 saturated carbocycles. The number of oxazole rings is 1. The Hall–Kier alpha value is -0.830. The highest BCUT2D eigenvalue weighted by molar-refractivity contribution is 4.97. The average molecular weight is 194 g/mol. The molecule has 0 aliphatic heterocycles. The quantitative estimate of drug-likeness (QED) is 0.776. The fraction of sp³-hybridized carbons (Fsp3) is 0.727. The molecule has 0 aromatic carbocycles. The van der Waals surface area contributed by atoms with E-state index in [4.69, 9.17) is 4.42 Å². The zero-order chi connectivity index (χ0) is 9.80. The molecule has 3 heteroatoms. The summed E-state index contributed by atoms with van der Waals surface area (Å²) in [6, 6.07) is 0. The molecule has 1 aromatic heterocycles. The standard InChI is InChI=1S/C11H18N2O/c1-12-6-5-11-13-8-10(14-11)7-9-3-2-4-9/h8-9,12H,2-7H2,1H3. The van der Waals surface area contributed by atoms with Crippen LogP contribution in [0.4, 0.5) is 0 Å². The summed E-state index contributed by atoms with van der Waals surface area (Å²) in [4.78, 5) is 4.26. The van der Waals surface area contributed by atoms with Gasteiger partial charge in [0.1, 0.15) is 5.76 Å². The average Bonchev–Trinajstić information content (AvgIpc) is 2.56. The van der Waals surface area contributed by atoms with Gasteiger partial charge in [0.05, 0.1) is 6.20 Å². The largest absolute Gasteiger partial charge is 0.446 e. The van der Waals surface area contributed by atoms with Crippen molar-refractivity contribution in [2.24, 2.45) is 5.92 Å². The molecule has 1 N–H and O–H groups in total. The van der Waals surface area contributed by atoms with E-state index in [1.807, 2.05) is 13.2 Å². The Morgan fingerprint density at radius 1 is 1.57 bits per heavy atom. The molecule has 1 heterocycles. The van der Waals surface area contributed by atoms with Crippen LogP contribution < -0.4 is 5.32 Å². The Labute approximate surface area is 84.9 Å². The van der Waals surface area contributed by atoms with E-state index in [0.717, 1.165) is 37.0 Å². The van der Waals surface area contributed by atoms with Crippen LogP contribution in [-0.2, 0) is 12.8 Å². The molecule has 2 rings (SSSR count). The first kappa shape index (κ1) is 9.71. The first-order chi connectivity index (χ1) is 6.88. The van der Waals surface area contributed by atoms with E-state index in [1.165, 1.54) is 19.3 Å². The summed E-state index contributed by atoms with van der Waals surface area (Å²) in [5.74, 6) is 2.80. The number of rotatable bonds is 5. The monoisotopic (exact) mass is 194 g/mol. The lowest BCUT2D eigenvalue weighted by atomic mass is 9.82. The molecule has 0 amide bonds. The molecule has 1 aromatic rings. The number of hydrogen-bond acceptors (Lipinski definition) is 3. The Morgan fingerprint density at radius 2 is 2.43 bits per heavy atom. The van der Waals surface area contributed by atoms with E-state index in [9.17, 15) is 0 Å². The highest BCUT2D eigenvalue weighted by Gasteiger charge is 2.19. The van der Waals surface area contributed by atoms with Gasteiger partial charge in [0, 0.05) is 19.4 Å². The summed E-state index contributed by atoms with van der Waals surface area (Å²) in [6.45, 7) is 0.934. The fourth-order valence-electron chi connectivity index (χ4n) is 1.77. The Balaban J connectivity index is 1.82. The van der Waals surface area contributed by atoms with Crippen LogP contribution in [0, 0.1) is 5.92 Å². The molecule has 1 aliphatic rings.